The van der Waals surface area contributed by atoms with Crippen LogP contribution in [-0.4, -0.2) is 26.2 Å². The predicted molar refractivity (Wildman–Crippen MR) is 159 cm³/mol. The largest absolute Gasteiger partial charge is 0.465 e. The average molecular weight is 547 g/mol. The van der Waals surface area contributed by atoms with Crippen molar-refractivity contribution >= 4 is 11.9 Å². The normalized spacial score (nSPS) is 20.8. The molecule has 0 amide bonds. The minimum atomic E-state index is -0.538. The summed E-state index contributed by atoms with van der Waals surface area (Å²) in [5.74, 6) is -0.811. The first-order chi connectivity index (χ1) is 20.6. The van der Waals surface area contributed by atoms with E-state index in [1.807, 2.05) is 12.1 Å². The quantitative estimate of drug-likeness (QED) is 0.215. The number of hydrogen-bond donors (Lipinski definition) is 0. The summed E-state index contributed by atoms with van der Waals surface area (Å²) >= 11 is 0. The second kappa shape index (κ2) is 8.29. The molecule has 5 aromatic carbocycles. The zero-order valence-electron chi connectivity index (χ0n) is 23.2. The first kappa shape index (κ1) is 23.7. The molecule has 4 nitrogen and oxygen atoms in total. The van der Waals surface area contributed by atoms with E-state index >= 15 is 0 Å². The van der Waals surface area contributed by atoms with Crippen molar-refractivity contribution < 1.29 is 19.1 Å². The van der Waals surface area contributed by atoms with Crippen molar-refractivity contribution in [1.82, 2.24) is 0 Å². The highest BCUT2D eigenvalue weighted by Crippen LogP contribution is 2.61. The molecular formula is C38H26O4. The highest BCUT2D eigenvalue weighted by Gasteiger charge is 2.47. The van der Waals surface area contributed by atoms with Crippen LogP contribution in [0.25, 0.3) is 0 Å². The molecule has 4 heteroatoms. The standard InChI is InChI=1S/C38H26O4/c1-41-37(39)31-17-29-30(18-32(31)38(40)42-2)36-24-14-8-7-13-23(24)35(29)27-15-25-26(16-28(27)36)34-21-11-5-3-9-19(21)33(25)20-10-4-6-12-22(20)34/h3-18,33-36H,1-2H3/t33?,34?,35-,36-/m1/s1. The SMILES string of the molecule is COC(=O)c1cc2c(cc1C(=O)OC)[C@@H]1c3ccccc3[C@@H]2c2cc3c(cc21)C1c2ccccc2C3c2ccccc21. The van der Waals surface area contributed by atoms with Gasteiger partial charge in [0.15, 0.2) is 0 Å². The Morgan fingerprint density at radius 2 is 0.643 bits per heavy atom. The first-order valence-corrected chi connectivity index (χ1v) is 14.4. The van der Waals surface area contributed by atoms with E-state index < -0.39 is 11.9 Å². The maximum Gasteiger partial charge on any atom is 0.338 e. The van der Waals surface area contributed by atoms with Gasteiger partial charge in [-0.25, -0.2) is 9.59 Å². The van der Waals surface area contributed by atoms with Crippen molar-refractivity contribution in [3.8, 4) is 0 Å². The van der Waals surface area contributed by atoms with Gasteiger partial charge in [-0.2, -0.15) is 0 Å². The number of carbonyl (C=O) groups is 2. The number of carbonyl (C=O) groups excluding carboxylic acids is 2. The van der Waals surface area contributed by atoms with E-state index in [0.717, 1.165) is 11.1 Å². The van der Waals surface area contributed by atoms with E-state index in [1.54, 1.807) is 0 Å². The molecule has 0 aromatic heterocycles. The molecule has 5 aromatic rings. The van der Waals surface area contributed by atoms with Crippen molar-refractivity contribution in [3.05, 3.63) is 175 Å². The van der Waals surface area contributed by atoms with Crippen LogP contribution in [-0.2, 0) is 9.47 Å². The average Bonchev–Trinajstić information content (AvgIpc) is 3.05. The zero-order valence-corrected chi connectivity index (χ0v) is 23.2. The molecule has 0 aliphatic heterocycles. The van der Waals surface area contributed by atoms with Crippen LogP contribution in [0.2, 0.25) is 0 Å². The fourth-order valence-corrected chi connectivity index (χ4v) is 8.48. The number of rotatable bonds is 2. The Labute approximate surface area is 243 Å². The summed E-state index contributed by atoms with van der Waals surface area (Å²) < 4.78 is 10.2. The molecule has 0 spiro atoms. The van der Waals surface area contributed by atoms with Gasteiger partial charge in [-0.05, 0) is 78.9 Å². The molecule has 6 aliphatic rings. The van der Waals surface area contributed by atoms with Crippen molar-refractivity contribution in [2.75, 3.05) is 14.2 Å². The lowest BCUT2D eigenvalue weighted by Crippen LogP contribution is -2.32. The number of esters is 2. The van der Waals surface area contributed by atoms with Crippen molar-refractivity contribution in [2.45, 2.75) is 23.7 Å². The number of methoxy groups -OCH3 is 2. The summed E-state index contributed by atoms with van der Waals surface area (Å²) in [5, 5.41) is 0. The lowest BCUT2D eigenvalue weighted by molar-refractivity contribution is 0.0555. The van der Waals surface area contributed by atoms with Crippen molar-refractivity contribution in [3.63, 3.8) is 0 Å². The van der Waals surface area contributed by atoms with Gasteiger partial charge in [0.05, 0.1) is 25.3 Å². The summed E-state index contributed by atoms with van der Waals surface area (Å²) in [4.78, 5) is 25.8. The molecule has 11 rings (SSSR count). The van der Waals surface area contributed by atoms with E-state index in [-0.39, 0.29) is 34.8 Å². The zero-order chi connectivity index (χ0) is 28.3. The third-order valence-corrected chi connectivity index (χ3v) is 10.0. The van der Waals surface area contributed by atoms with E-state index in [4.69, 9.17) is 9.47 Å². The monoisotopic (exact) mass is 546 g/mol. The molecule has 0 fully saturated rings. The van der Waals surface area contributed by atoms with Crippen molar-refractivity contribution in [2.24, 2.45) is 0 Å². The van der Waals surface area contributed by atoms with Gasteiger partial charge in [-0.15, -0.1) is 0 Å². The van der Waals surface area contributed by atoms with Gasteiger partial charge in [0, 0.05) is 23.7 Å². The summed E-state index contributed by atoms with van der Waals surface area (Å²) in [5.41, 5.74) is 16.0. The Hall–Kier alpha value is -4.96. The topological polar surface area (TPSA) is 52.6 Å². The van der Waals surface area contributed by atoms with E-state index in [9.17, 15) is 9.59 Å². The lowest BCUT2D eigenvalue weighted by Gasteiger charge is -2.47. The van der Waals surface area contributed by atoms with Gasteiger partial charge in [-0.3, -0.25) is 0 Å². The maximum atomic E-state index is 12.9. The van der Waals surface area contributed by atoms with E-state index in [0.29, 0.717) is 0 Å². The molecule has 0 N–H and O–H groups in total. The van der Waals surface area contributed by atoms with Crippen LogP contribution >= 0.6 is 0 Å². The third kappa shape index (κ3) is 2.82. The van der Waals surface area contributed by atoms with Crippen molar-refractivity contribution in [1.29, 1.82) is 0 Å². The fraction of sp³-hybridized carbons (Fsp3) is 0.158. The van der Waals surface area contributed by atoms with Gasteiger partial charge in [0.2, 0.25) is 0 Å². The van der Waals surface area contributed by atoms with Crippen LogP contribution < -0.4 is 0 Å². The summed E-state index contributed by atoms with van der Waals surface area (Å²) in [7, 11) is 2.69. The number of hydrogen-bond acceptors (Lipinski definition) is 4. The number of benzene rings is 5. The molecule has 2 atom stereocenters. The van der Waals surface area contributed by atoms with E-state index in [2.05, 4.69) is 84.9 Å². The molecule has 0 saturated carbocycles. The van der Waals surface area contributed by atoms with Crippen LogP contribution in [0.15, 0.2) is 97.1 Å². The van der Waals surface area contributed by atoms with Gasteiger partial charge in [0.25, 0.3) is 0 Å². The number of ether oxygens (including phenoxy) is 2. The molecule has 42 heavy (non-hydrogen) atoms. The highest BCUT2D eigenvalue weighted by atomic mass is 16.5. The molecule has 0 unspecified atom stereocenters. The lowest BCUT2D eigenvalue weighted by atomic mass is 9.56. The van der Waals surface area contributed by atoms with Crippen LogP contribution in [0.4, 0.5) is 0 Å². The van der Waals surface area contributed by atoms with Crippen LogP contribution in [0.3, 0.4) is 0 Å². The maximum absolute atomic E-state index is 12.9. The Kier molecular flexibility index (Phi) is 4.68. The molecule has 4 bridgehead atoms. The van der Waals surface area contributed by atoms with E-state index in [1.165, 1.54) is 69.9 Å². The Morgan fingerprint density at radius 3 is 0.905 bits per heavy atom. The minimum Gasteiger partial charge on any atom is -0.465 e. The predicted octanol–water partition coefficient (Wildman–Crippen LogP) is 7.23. The molecule has 202 valence electrons. The van der Waals surface area contributed by atoms with Gasteiger partial charge in [0.1, 0.15) is 0 Å². The first-order valence-electron chi connectivity index (χ1n) is 14.4. The Bertz CT molecular complexity index is 1850. The molecular weight excluding hydrogens is 520 g/mol. The fourth-order valence-electron chi connectivity index (χ4n) is 8.48. The van der Waals surface area contributed by atoms with Crippen LogP contribution in [0.1, 0.15) is 111 Å². The second-order valence-corrected chi connectivity index (χ2v) is 11.7. The minimum absolute atomic E-state index is 0.0532. The van der Waals surface area contributed by atoms with Gasteiger partial charge >= 0.3 is 11.9 Å². The smallest absolute Gasteiger partial charge is 0.338 e. The molecule has 0 saturated heterocycles. The molecule has 6 aliphatic carbocycles. The van der Waals surface area contributed by atoms with Crippen LogP contribution in [0.5, 0.6) is 0 Å². The second-order valence-electron chi connectivity index (χ2n) is 11.7. The summed E-state index contributed by atoms with van der Waals surface area (Å²) in [6.07, 6.45) is 0. The summed E-state index contributed by atoms with van der Waals surface area (Å²) in [6, 6.07) is 35.0. The summed E-state index contributed by atoms with van der Waals surface area (Å²) in [6.45, 7) is 0. The molecule has 0 radical (unpaired) electrons. The highest BCUT2D eigenvalue weighted by molar-refractivity contribution is 6.04. The Morgan fingerprint density at radius 1 is 0.405 bits per heavy atom. The Balaban J connectivity index is 1.33. The van der Waals surface area contributed by atoms with Gasteiger partial charge in [-0.1, -0.05) is 84.9 Å². The third-order valence-electron chi connectivity index (χ3n) is 10.0. The van der Waals surface area contributed by atoms with Crippen LogP contribution in [0, 0.1) is 0 Å². The molecule has 0 heterocycles. The van der Waals surface area contributed by atoms with Gasteiger partial charge < -0.3 is 9.47 Å².